The normalized spacial score (nSPS) is 12.0. The molecule has 0 aliphatic rings. The van der Waals surface area contributed by atoms with E-state index < -0.39 is 6.10 Å². The minimum absolute atomic E-state index is 0.134. The number of rotatable bonds is 6. The monoisotopic (exact) mass is 251 g/mol. The van der Waals surface area contributed by atoms with Crippen molar-refractivity contribution in [2.75, 3.05) is 20.3 Å². The van der Waals surface area contributed by atoms with E-state index in [0.717, 1.165) is 5.56 Å². The molecule has 0 fully saturated rings. The van der Waals surface area contributed by atoms with Gasteiger partial charge >= 0.3 is 0 Å². The second kappa shape index (κ2) is 7.01. The van der Waals surface area contributed by atoms with E-state index in [0.29, 0.717) is 18.9 Å². The van der Waals surface area contributed by atoms with Crippen molar-refractivity contribution >= 4 is 5.91 Å². The molecule has 1 aromatic rings. The lowest BCUT2D eigenvalue weighted by Crippen LogP contribution is -2.37. The lowest BCUT2D eigenvalue weighted by atomic mass is 10.1. The van der Waals surface area contributed by atoms with Gasteiger partial charge in [0, 0.05) is 13.7 Å². The van der Waals surface area contributed by atoms with E-state index in [9.17, 15) is 4.79 Å². The van der Waals surface area contributed by atoms with Crippen LogP contribution >= 0.6 is 0 Å². The molecule has 4 heteroatoms. The quantitative estimate of drug-likeness (QED) is 0.785. The second-order valence-corrected chi connectivity index (χ2v) is 4.29. The van der Waals surface area contributed by atoms with Gasteiger partial charge < -0.3 is 14.8 Å². The van der Waals surface area contributed by atoms with Crippen LogP contribution in [-0.2, 0) is 9.53 Å². The number of methoxy groups -OCH3 is 1. The van der Waals surface area contributed by atoms with E-state index in [2.05, 4.69) is 5.32 Å². The van der Waals surface area contributed by atoms with Crippen LogP contribution < -0.4 is 10.1 Å². The Morgan fingerprint density at radius 1 is 1.33 bits per heavy atom. The molecule has 0 heterocycles. The van der Waals surface area contributed by atoms with Crippen molar-refractivity contribution in [2.45, 2.75) is 26.9 Å². The lowest BCUT2D eigenvalue weighted by molar-refractivity contribution is -0.127. The van der Waals surface area contributed by atoms with Crippen LogP contribution in [0, 0.1) is 13.8 Å². The third-order valence-corrected chi connectivity index (χ3v) is 2.77. The summed E-state index contributed by atoms with van der Waals surface area (Å²) in [5.74, 6) is 0.581. The molecule has 0 aliphatic heterocycles. The van der Waals surface area contributed by atoms with E-state index in [1.54, 1.807) is 14.0 Å². The van der Waals surface area contributed by atoms with Crippen LogP contribution in [0.5, 0.6) is 5.75 Å². The number of carbonyl (C=O) groups excluding carboxylic acids is 1. The SMILES string of the molecule is COCCNC(=O)[C@H](C)Oc1ccc(C)c(C)c1. The maximum absolute atomic E-state index is 11.7. The van der Waals surface area contributed by atoms with Gasteiger partial charge in [0.25, 0.3) is 5.91 Å². The van der Waals surface area contributed by atoms with Gasteiger partial charge in [-0.05, 0) is 44.0 Å². The predicted molar refractivity (Wildman–Crippen MR) is 70.9 cm³/mol. The molecule has 0 aromatic heterocycles. The Morgan fingerprint density at radius 3 is 2.67 bits per heavy atom. The third-order valence-electron chi connectivity index (χ3n) is 2.77. The van der Waals surface area contributed by atoms with Crippen molar-refractivity contribution < 1.29 is 14.3 Å². The van der Waals surface area contributed by atoms with Crippen molar-refractivity contribution in [1.82, 2.24) is 5.32 Å². The van der Waals surface area contributed by atoms with E-state index in [4.69, 9.17) is 9.47 Å². The molecular formula is C14H21NO3. The molecule has 18 heavy (non-hydrogen) atoms. The maximum atomic E-state index is 11.7. The third kappa shape index (κ3) is 4.37. The first-order chi connectivity index (χ1) is 8.54. The highest BCUT2D eigenvalue weighted by Gasteiger charge is 2.13. The molecule has 1 atom stereocenters. The molecular weight excluding hydrogens is 230 g/mol. The fourth-order valence-corrected chi connectivity index (χ4v) is 1.46. The number of carbonyl (C=O) groups is 1. The molecule has 1 N–H and O–H groups in total. The largest absolute Gasteiger partial charge is 0.481 e. The number of hydrogen-bond acceptors (Lipinski definition) is 3. The number of hydrogen-bond donors (Lipinski definition) is 1. The summed E-state index contributed by atoms with van der Waals surface area (Å²) < 4.78 is 10.5. The average Bonchev–Trinajstić information content (AvgIpc) is 2.34. The minimum atomic E-state index is -0.510. The predicted octanol–water partition coefficient (Wildman–Crippen LogP) is 1.83. The van der Waals surface area contributed by atoms with Crippen molar-refractivity contribution in [3.8, 4) is 5.75 Å². The summed E-state index contributed by atoms with van der Waals surface area (Å²) in [4.78, 5) is 11.7. The van der Waals surface area contributed by atoms with Gasteiger partial charge in [0.1, 0.15) is 5.75 Å². The van der Waals surface area contributed by atoms with Gasteiger partial charge in [0.2, 0.25) is 0 Å². The average molecular weight is 251 g/mol. The van der Waals surface area contributed by atoms with Gasteiger partial charge in [-0.25, -0.2) is 0 Å². The smallest absolute Gasteiger partial charge is 0.260 e. The molecule has 0 unspecified atom stereocenters. The maximum Gasteiger partial charge on any atom is 0.260 e. The summed E-state index contributed by atoms with van der Waals surface area (Å²) in [6.07, 6.45) is -0.510. The zero-order chi connectivity index (χ0) is 13.5. The van der Waals surface area contributed by atoms with Crippen LogP contribution in [0.2, 0.25) is 0 Å². The summed E-state index contributed by atoms with van der Waals surface area (Å²) in [6.45, 7) is 6.79. The van der Waals surface area contributed by atoms with E-state index in [-0.39, 0.29) is 5.91 Å². The molecule has 1 amide bonds. The van der Waals surface area contributed by atoms with Crippen molar-refractivity contribution in [1.29, 1.82) is 0 Å². The molecule has 0 bridgehead atoms. The number of aryl methyl sites for hydroxylation is 2. The second-order valence-electron chi connectivity index (χ2n) is 4.29. The molecule has 100 valence electrons. The topological polar surface area (TPSA) is 47.6 Å². The van der Waals surface area contributed by atoms with Crippen molar-refractivity contribution in [3.63, 3.8) is 0 Å². The Morgan fingerprint density at radius 2 is 2.06 bits per heavy atom. The molecule has 0 saturated heterocycles. The Bertz CT molecular complexity index is 404. The van der Waals surface area contributed by atoms with Gasteiger partial charge in [-0.1, -0.05) is 6.07 Å². The fourth-order valence-electron chi connectivity index (χ4n) is 1.46. The summed E-state index contributed by atoms with van der Waals surface area (Å²) in [6, 6.07) is 5.80. The van der Waals surface area contributed by atoms with Gasteiger partial charge in [-0.2, -0.15) is 0 Å². The Kier molecular flexibility index (Phi) is 5.65. The van der Waals surface area contributed by atoms with Crippen LogP contribution in [0.1, 0.15) is 18.1 Å². The highest BCUT2D eigenvalue weighted by atomic mass is 16.5. The first-order valence-corrected chi connectivity index (χ1v) is 6.05. The Labute approximate surface area is 108 Å². The van der Waals surface area contributed by atoms with E-state index in [1.807, 2.05) is 32.0 Å². The van der Waals surface area contributed by atoms with Gasteiger partial charge in [-0.15, -0.1) is 0 Å². The van der Waals surface area contributed by atoms with Gasteiger partial charge in [0.05, 0.1) is 6.61 Å². The number of nitrogens with one attached hydrogen (secondary N) is 1. The number of ether oxygens (including phenoxy) is 2. The first kappa shape index (κ1) is 14.5. The molecule has 4 nitrogen and oxygen atoms in total. The fraction of sp³-hybridized carbons (Fsp3) is 0.500. The zero-order valence-electron chi connectivity index (χ0n) is 11.4. The van der Waals surface area contributed by atoms with Crippen molar-refractivity contribution in [2.24, 2.45) is 0 Å². The number of benzene rings is 1. The highest BCUT2D eigenvalue weighted by Crippen LogP contribution is 2.17. The van der Waals surface area contributed by atoms with Gasteiger partial charge in [-0.3, -0.25) is 4.79 Å². The summed E-state index contributed by atoms with van der Waals surface area (Å²) in [5.41, 5.74) is 2.36. The molecule has 1 aromatic carbocycles. The Hall–Kier alpha value is -1.55. The van der Waals surface area contributed by atoms with Crippen molar-refractivity contribution in [3.05, 3.63) is 29.3 Å². The number of amides is 1. The minimum Gasteiger partial charge on any atom is -0.481 e. The van der Waals surface area contributed by atoms with Crippen LogP contribution in [0.4, 0.5) is 0 Å². The summed E-state index contributed by atoms with van der Waals surface area (Å²) >= 11 is 0. The zero-order valence-corrected chi connectivity index (χ0v) is 11.4. The first-order valence-electron chi connectivity index (χ1n) is 6.05. The molecule has 0 radical (unpaired) electrons. The highest BCUT2D eigenvalue weighted by molar-refractivity contribution is 5.80. The van der Waals surface area contributed by atoms with Gasteiger partial charge in [0.15, 0.2) is 6.10 Å². The van der Waals surface area contributed by atoms with E-state index >= 15 is 0 Å². The summed E-state index contributed by atoms with van der Waals surface area (Å²) in [5, 5.41) is 2.74. The lowest BCUT2D eigenvalue weighted by Gasteiger charge is -2.15. The summed E-state index contributed by atoms with van der Waals surface area (Å²) in [7, 11) is 1.60. The van der Waals surface area contributed by atoms with Crippen LogP contribution in [0.15, 0.2) is 18.2 Å². The molecule has 0 saturated carbocycles. The van der Waals surface area contributed by atoms with E-state index in [1.165, 1.54) is 5.56 Å². The molecule has 0 aliphatic carbocycles. The van der Waals surface area contributed by atoms with Crippen LogP contribution in [0.25, 0.3) is 0 Å². The van der Waals surface area contributed by atoms with Crippen LogP contribution in [0.3, 0.4) is 0 Å². The molecule has 0 spiro atoms. The standard InChI is InChI=1S/C14H21NO3/c1-10-5-6-13(9-11(10)2)18-12(3)14(16)15-7-8-17-4/h5-6,9,12H,7-8H2,1-4H3,(H,15,16)/t12-/m0/s1. The molecule has 1 rings (SSSR count). The Balaban J connectivity index is 2.50. The van der Waals surface area contributed by atoms with Crippen LogP contribution in [-0.4, -0.2) is 32.3 Å².